The molecule has 1 amide bonds. The lowest BCUT2D eigenvalue weighted by Gasteiger charge is -2.24. The van der Waals surface area contributed by atoms with Crippen molar-refractivity contribution in [2.45, 2.75) is 52.1 Å². The predicted molar refractivity (Wildman–Crippen MR) is 100 cm³/mol. The van der Waals surface area contributed by atoms with Crippen molar-refractivity contribution in [3.8, 4) is 0 Å². The summed E-state index contributed by atoms with van der Waals surface area (Å²) in [7, 11) is 1.54. The van der Waals surface area contributed by atoms with Crippen LogP contribution in [0.1, 0.15) is 41.0 Å². The Kier molecular flexibility index (Phi) is 11.5. The van der Waals surface area contributed by atoms with Gasteiger partial charge in [0.1, 0.15) is 6.61 Å². The second-order valence-corrected chi connectivity index (χ2v) is 7.07. The Hall–Kier alpha value is -1.35. The summed E-state index contributed by atoms with van der Waals surface area (Å²) in [5.74, 6) is -0.160. The molecule has 0 radical (unpaired) electrons. The third-order valence-electron chi connectivity index (χ3n) is 4.10. The molecular formula is C18H35N3O5. The molecule has 0 rings (SSSR count). The van der Waals surface area contributed by atoms with Crippen molar-refractivity contribution in [2.24, 2.45) is 0 Å². The number of nitrogens with one attached hydrogen (secondary N) is 3. The van der Waals surface area contributed by atoms with E-state index in [1.165, 1.54) is 0 Å². The van der Waals surface area contributed by atoms with Crippen molar-refractivity contribution in [2.75, 3.05) is 46.6 Å². The molecule has 0 fully saturated rings. The van der Waals surface area contributed by atoms with Gasteiger partial charge in [-0.25, -0.2) is 0 Å². The Morgan fingerprint density at radius 3 is 2.00 bits per heavy atom. The minimum atomic E-state index is -0.839. The molecule has 26 heavy (non-hydrogen) atoms. The average molecular weight is 373 g/mol. The number of carbonyl (C=O) groups is 3. The fourth-order valence-corrected chi connectivity index (χ4v) is 2.03. The van der Waals surface area contributed by atoms with Gasteiger partial charge < -0.3 is 20.1 Å². The van der Waals surface area contributed by atoms with E-state index in [1.54, 1.807) is 20.9 Å². The molecule has 0 aromatic heterocycles. The first-order chi connectivity index (χ1) is 12.1. The highest BCUT2D eigenvalue weighted by molar-refractivity contribution is 5.89. The fraction of sp³-hybridized carbons (Fsp3) is 0.833. The Morgan fingerprint density at radius 2 is 1.42 bits per heavy atom. The van der Waals surface area contributed by atoms with Crippen molar-refractivity contribution in [1.29, 1.82) is 0 Å². The van der Waals surface area contributed by atoms with Gasteiger partial charge in [0, 0.05) is 20.0 Å². The zero-order chi connectivity index (χ0) is 20.2. The van der Waals surface area contributed by atoms with E-state index in [2.05, 4.69) is 16.0 Å². The summed E-state index contributed by atoms with van der Waals surface area (Å²) >= 11 is 0. The zero-order valence-corrected chi connectivity index (χ0v) is 17.0. The lowest BCUT2D eigenvalue weighted by Crippen LogP contribution is -2.51. The molecule has 0 unspecified atom stereocenters. The normalized spacial score (nSPS) is 12.1. The molecule has 0 atom stereocenters. The van der Waals surface area contributed by atoms with Crippen LogP contribution in [0.25, 0.3) is 0 Å². The standard InChI is InChI=1S/C18H35N3O5/c1-7-14(22)17(2,3)20-8-9-25-10-11-26-13-15(23)18(4,5)21-12-16(24)19-6/h20-21H,7-13H2,1-6H3,(H,19,24). The van der Waals surface area contributed by atoms with Crippen LogP contribution < -0.4 is 16.0 Å². The van der Waals surface area contributed by atoms with Gasteiger partial charge in [-0.3, -0.25) is 19.7 Å². The summed E-state index contributed by atoms with van der Waals surface area (Å²) in [5.41, 5.74) is -1.39. The second-order valence-electron chi connectivity index (χ2n) is 7.07. The smallest absolute Gasteiger partial charge is 0.233 e. The van der Waals surface area contributed by atoms with Crippen LogP contribution in [0.4, 0.5) is 0 Å². The van der Waals surface area contributed by atoms with Crippen LogP contribution in [-0.2, 0) is 23.9 Å². The highest BCUT2D eigenvalue weighted by atomic mass is 16.5. The van der Waals surface area contributed by atoms with Gasteiger partial charge in [0.05, 0.1) is 37.4 Å². The number of rotatable bonds is 15. The molecular weight excluding hydrogens is 338 g/mol. The topological polar surface area (TPSA) is 106 Å². The lowest BCUT2D eigenvalue weighted by molar-refractivity contribution is -0.130. The number of hydrogen-bond donors (Lipinski definition) is 3. The van der Waals surface area contributed by atoms with E-state index in [9.17, 15) is 14.4 Å². The van der Waals surface area contributed by atoms with E-state index in [-0.39, 0.29) is 30.6 Å². The third-order valence-corrected chi connectivity index (χ3v) is 4.10. The summed E-state index contributed by atoms with van der Waals surface area (Å²) in [6.07, 6.45) is 0.497. The highest BCUT2D eigenvalue weighted by Crippen LogP contribution is 2.06. The van der Waals surface area contributed by atoms with Crippen molar-refractivity contribution in [3.63, 3.8) is 0 Å². The van der Waals surface area contributed by atoms with E-state index >= 15 is 0 Å². The number of ether oxygens (including phenoxy) is 2. The van der Waals surface area contributed by atoms with Gasteiger partial charge in [-0.05, 0) is 27.7 Å². The first-order valence-electron chi connectivity index (χ1n) is 8.99. The van der Waals surface area contributed by atoms with Gasteiger partial charge in [-0.1, -0.05) is 6.92 Å². The van der Waals surface area contributed by atoms with Gasteiger partial charge in [0.2, 0.25) is 5.91 Å². The van der Waals surface area contributed by atoms with E-state index in [0.717, 1.165) is 0 Å². The monoisotopic (exact) mass is 373 g/mol. The molecule has 0 bridgehead atoms. The van der Waals surface area contributed by atoms with Gasteiger partial charge >= 0.3 is 0 Å². The largest absolute Gasteiger partial charge is 0.378 e. The Balaban J connectivity index is 3.81. The maximum absolute atomic E-state index is 12.1. The van der Waals surface area contributed by atoms with Crippen LogP contribution >= 0.6 is 0 Å². The number of hydrogen-bond acceptors (Lipinski definition) is 7. The van der Waals surface area contributed by atoms with Crippen molar-refractivity contribution in [3.05, 3.63) is 0 Å². The fourth-order valence-electron chi connectivity index (χ4n) is 2.03. The second kappa shape index (κ2) is 12.1. The molecule has 3 N–H and O–H groups in total. The van der Waals surface area contributed by atoms with Crippen LogP contribution in [0.5, 0.6) is 0 Å². The molecule has 0 saturated carbocycles. The first kappa shape index (κ1) is 24.7. The van der Waals surface area contributed by atoms with Gasteiger partial charge in [-0.2, -0.15) is 0 Å². The Bertz CT molecular complexity index is 464. The molecule has 0 aromatic carbocycles. The van der Waals surface area contributed by atoms with Gasteiger partial charge in [0.25, 0.3) is 0 Å². The van der Waals surface area contributed by atoms with Crippen molar-refractivity contribution in [1.82, 2.24) is 16.0 Å². The summed E-state index contributed by atoms with van der Waals surface area (Å²) in [5, 5.41) is 8.54. The Labute approximate surface area is 156 Å². The predicted octanol–water partition coefficient (Wildman–Crippen LogP) is 0.0502. The molecule has 0 aliphatic rings. The molecule has 0 aliphatic carbocycles. The van der Waals surface area contributed by atoms with E-state index in [1.807, 2.05) is 20.8 Å². The number of Topliss-reactive ketones (excluding diaryl/α,β-unsaturated/α-hetero) is 2. The zero-order valence-electron chi connectivity index (χ0n) is 17.0. The van der Waals surface area contributed by atoms with Crippen molar-refractivity contribution < 1.29 is 23.9 Å². The molecule has 0 spiro atoms. The maximum atomic E-state index is 12.1. The van der Waals surface area contributed by atoms with Crippen LogP contribution in [0.2, 0.25) is 0 Å². The van der Waals surface area contributed by atoms with Gasteiger partial charge in [-0.15, -0.1) is 0 Å². The molecule has 0 aliphatic heterocycles. The summed E-state index contributed by atoms with van der Waals surface area (Å²) in [6.45, 7) is 10.7. The number of carbonyl (C=O) groups excluding carboxylic acids is 3. The molecule has 8 nitrogen and oxygen atoms in total. The summed E-state index contributed by atoms with van der Waals surface area (Å²) < 4.78 is 10.8. The quantitative estimate of drug-likeness (QED) is 0.348. The van der Waals surface area contributed by atoms with E-state index in [0.29, 0.717) is 32.8 Å². The first-order valence-corrected chi connectivity index (χ1v) is 8.99. The van der Waals surface area contributed by atoms with E-state index in [4.69, 9.17) is 9.47 Å². The van der Waals surface area contributed by atoms with Crippen LogP contribution in [0.3, 0.4) is 0 Å². The summed E-state index contributed by atoms with van der Waals surface area (Å²) in [4.78, 5) is 35.0. The van der Waals surface area contributed by atoms with Crippen molar-refractivity contribution >= 4 is 17.5 Å². The highest BCUT2D eigenvalue weighted by Gasteiger charge is 2.27. The molecule has 0 saturated heterocycles. The van der Waals surface area contributed by atoms with Crippen LogP contribution in [0, 0.1) is 0 Å². The average Bonchev–Trinajstić information content (AvgIpc) is 2.60. The van der Waals surface area contributed by atoms with Crippen LogP contribution in [-0.4, -0.2) is 75.1 Å². The third kappa shape index (κ3) is 9.96. The summed E-state index contributed by atoms with van der Waals surface area (Å²) in [6, 6.07) is 0. The number of amides is 1. The number of likely N-dealkylation sites (N-methyl/N-ethyl adjacent to an activating group) is 1. The Morgan fingerprint density at radius 1 is 0.846 bits per heavy atom. The van der Waals surface area contributed by atoms with E-state index < -0.39 is 11.1 Å². The molecule has 0 heterocycles. The molecule has 0 aromatic rings. The SMILES string of the molecule is CCC(=O)C(C)(C)NCCOCCOCC(=O)C(C)(C)NCC(=O)NC. The minimum absolute atomic E-state index is 0.0482. The number of ketones is 2. The van der Waals surface area contributed by atoms with Gasteiger partial charge in [0.15, 0.2) is 11.6 Å². The minimum Gasteiger partial charge on any atom is -0.378 e. The maximum Gasteiger partial charge on any atom is 0.233 e. The van der Waals surface area contributed by atoms with Crippen LogP contribution in [0.15, 0.2) is 0 Å². The lowest BCUT2D eigenvalue weighted by atomic mass is 9.97. The molecule has 8 heteroatoms. The molecule has 152 valence electrons.